The molecular weight excluding hydrogens is 288 g/mol. The van der Waals surface area contributed by atoms with E-state index in [1.165, 1.54) is 24.9 Å². The molecule has 0 bridgehead atoms. The molecule has 2 nitrogen and oxygen atoms in total. The van der Waals surface area contributed by atoms with Crippen LogP contribution in [0.5, 0.6) is 0 Å². The lowest BCUT2D eigenvalue weighted by atomic mass is 9.85. The van der Waals surface area contributed by atoms with E-state index in [4.69, 9.17) is 5.26 Å². The van der Waals surface area contributed by atoms with Gasteiger partial charge in [-0.05, 0) is 58.8 Å². The Labute approximate surface area is 118 Å². The normalized spacial score (nSPS) is 19.1. The lowest BCUT2D eigenvalue weighted by Crippen LogP contribution is -2.24. The van der Waals surface area contributed by atoms with Gasteiger partial charge in [-0.15, -0.1) is 0 Å². The van der Waals surface area contributed by atoms with Gasteiger partial charge in [-0.25, -0.2) is 0 Å². The number of nitrogens with zero attached hydrogens (tertiary/aromatic N) is 2. The molecule has 1 aromatic rings. The third-order valence-corrected chi connectivity index (χ3v) is 4.43. The molecule has 1 aliphatic rings. The summed E-state index contributed by atoms with van der Waals surface area (Å²) in [5.41, 5.74) is 2.38. The fourth-order valence-corrected chi connectivity index (χ4v) is 2.93. The van der Waals surface area contributed by atoms with E-state index in [0.717, 1.165) is 17.6 Å². The molecule has 0 radical (unpaired) electrons. The molecule has 2 rings (SSSR count). The Kier molecular flexibility index (Phi) is 3.97. The predicted octanol–water partition coefficient (Wildman–Crippen LogP) is 4.34. The second-order valence-corrected chi connectivity index (χ2v) is 6.64. The summed E-state index contributed by atoms with van der Waals surface area (Å²) in [5.74, 6) is 0. The van der Waals surface area contributed by atoms with E-state index in [1.807, 2.05) is 6.07 Å². The van der Waals surface area contributed by atoms with Gasteiger partial charge in [0.2, 0.25) is 0 Å². The van der Waals surface area contributed by atoms with Crippen molar-refractivity contribution in [2.45, 2.75) is 33.1 Å². The van der Waals surface area contributed by atoms with Crippen molar-refractivity contribution in [3.63, 3.8) is 0 Å². The Morgan fingerprint density at radius 1 is 1.28 bits per heavy atom. The van der Waals surface area contributed by atoms with E-state index < -0.39 is 0 Å². The SMILES string of the molecule is CC1(C)CCCN(c2ccc(C#N)c(Br)c2)CC1. The minimum atomic E-state index is 0.457. The Morgan fingerprint density at radius 3 is 2.72 bits per heavy atom. The number of nitriles is 1. The predicted molar refractivity (Wildman–Crippen MR) is 78.7 cm³/mol. The molecule has 96 valence electrons. The van der Waals surface area contributed by atoms with Crippen molar-refractivity contribution in [3.05, 3.63) is 28.2 Å². The van der Waals surface area contributed by atoms with Crippen molar-refractivity contribution in [3.8, 4) is 6.07 Å². The molecule has 1 fully saturated rings. The van der Waals surface area contributed by atoms with E-state index >= 15 is 0 Å². The molecule has 1 aromatic carbocycles. The monoisotopic (exact) mass is 306 g/mol. The highest BCUT2D eigenvalue weighted by Crippen LogP contribution is 2.32. The van der Waals surface area contributed by atoms with Crippen LogP contribution in [0, 0.1) is 16.7 Å². The molecule has 0 atom stereocenters. The highest BCUT2D eigenvalue weighted by atomic mass is 79.9. The van der Waals surface area contributed by atoms with Gasteiger partial charge < -0.3 is 4.90 Å². The zero-order valence-corrected chi connectivity index (χ0v) is 12.6. The Bertz CT molecular complexity index is 474. The number of anilines is 1. The maximum absolute atomic E-state index is 8.94. The van der Waals surface area contributed by atoms with E-state index in [9.17, 15) is 0 Å². The van der Waals surface area contributed by atoms with Crippen LogP contribution >= 0.6 is 15.9 Å². The van der Waals surface area contributed by atoms with Crippen LogP contribution in [0.25, 0.3) is 0 Å². The maximum Gasteiger partial charge on any atom is 0.100 e. The fourth-order valence-electron chi connectivity index (χ4n) is 2.47. The fraction of sp³-hybridized carbons (Fsp3) is 0.533. The van der Waals surface area contributed by atoms with Crippen LogP contribution < -0.4 is 4.90 Å². The summed E-state index contributed by atoms with van der Waals surface area (Å²) in [6, 6.07) is 8.21. The van der Waals surface area contributed by atoms with Crippen molar-refractivity contribution >= 4 is 21.6 Å². The van der Waals surface area contributed by atoms with Gasteiger partial charge >= 0.3 is 0 Å². The second kappa shape index (κ2) is 5.32. The van der Waals surface area contributed by atoms with Crippen molar-refractivity contribution < 1.29 is 0 Å². The summed E-state index contributed by atoms with van der Waals surface area (Å²) in [7, 11) is 0. The summed E-state index contributed by atoms with van der Waals surface area (Å²) in [4.78, 5) is 2.43. The summed E-state index contributed by atoms with van der Waals surface area (Å²) >= 11 is 3.47. The van der Waals surface area contributed by atoms with Crippen LogP contribution in [0.4, 0.5) is 5.69 Å². The van der Waals surface area contributed by atoms with Crippen LogP contribution in [0.2, 0.25) is 0 Å². The van der Waals surface area contributed by atoms with Gasteiger partial charge in [0.25, 0.3) is 0 Å². The van der Waals surface area contributed by atoms with E-state index in [2.05, 4.69) is 52.9 Å². The average molecular weight is 307 g/mol. The second-order valence-electron chi connectivity index (χ2n) is 5.78. The number of rotatable bonds is 1. The van der Waals surface area contributed by atoms with Gasteiger partial charge in [-0.2, -0.15) is 5.26 Å². The molecule has 0 saturated carbocycles. The third kappa shape index (κ3) is 3.05. The molecule has 0 spiro atoms. The minimum Gasteiger partial charge on any atom is -0.371 e. The first-order valence-corrected chi connectivity index (χ1v) is 7.26. The van der Waals surface area contributed by atoms with Gasteiger partial charge in [-0.3, -0.25) is 0 Å². The van der Waals surface area contributed by atoms with Gasteiger partial charge in [0.1, 0.15) is 6.07 Å². The van der Waals surface area contributed by atoms with E-state index in [1.54, 1.807) is 0 Å². The third-order valence-electron chi connectivity index (χ3n) is 3.78. The summed E-state index contributed by atoms with van der Waals surface area (Å²) in [6.45, 7) is 6.92. The number of hydrogen-bond acceptors (Lipinski definition) is 2. The van der Waals surface area contributed by atoms with Crippen molar-refractivity contribution in [1.29, 1.82) is 5.26 Å². The average Bonchev–Trinajstić information content (AvgIpc) is 2.50. The molecule has 3 heteroatoms. The first-order valence-electron chi connectivity index (χ1n) is 6.46. The van der Waals surface area contributed by atoms with Crippen LogP contribution in [0.1, 0.15) is 38.7 Å². The summed E-state index contributed by atoms with van der Waals surface area (Å²) < 4.78 is 0.894. The lowest BCUT2D eigenvalue weighted by molar-refractivity contribution is 0.325. The highest BCUT2D eigenvalue weighted by Gasteiger charge is 2.23. The number of hydrogen-bond donors (Lipinski definition) is 0. The van der Waals surface area contributed by atoms with Crippen molar-refractivity contribution in [2.24, 2.45) is 5.41 Å². The molecule has 0 aromatic heterocycles. The standard InChI is InChI=1S/C15H19BrN2/c1-15(2)6-3-8-18(9-7-15)13-5-4-12(11-17)14(16)10-13/h4-5,10H,3,6-9H2,1-2H3. The molecule has 1 aliphatic heterocycles. The smallest absolute Gasteiger partial charge is 0.100 e. The van der Waals surface area contributed by atoms with Crippen molar-refractivity contribution in [2.75, 3.05) is 18.0 Å². The van der Waals surface area contributed by atoms with Gasteiger partial charge in [-0.1, -0.05) is 13.8 Å². The topological polar surface area (TPSA) is 27.0 Å². The minimum absolute atomic E-state index is 0.457. The summed E-state index contributed by atoms with van der Waals surface area (Å²) in [6.07, 6.45) is 3.76. The van der Waals surface area contributed by atoms with Crippen molar-refractivity contribution in [1.82, 2.24) is 0 Å². The van der Waals surface area contributed by atoms with Crippen LogP contribution in [0.3, 0.4) is 0 Å². The quantitative estimate of drug-likeness (QED) is 0.772. The van der Waals surface area contributed by atoms with Gasteiger partial charge in [0.05, 0.1) is 5.56 Å². The molecule has 0 amide bonds. The first-order chi connectivity index (χ1) is 8.52. The zero-order valence-electron chi connectivity index (χ0n) is 11.0. The van der Waals surface area contributed by atoms with Crippen LogP contribution in [0.15, 0.2) is 22.7 Å². The lowest BCUT2D eigenvalue weighted by Gasteiger charge is -2.25. The summed E-state index contributed by atoms with van der Waals surface area (Å²) in [5, 5.41) is 8.94. The maximum atomic E-state index is 8.94. The van der Waals surface area contributed by atoms with E-state index in [0.29, 0.717) is 11.0 Å². The molecule has 0 unspecified atom stereocenters. The molecule has 0 N–H and O–H groups in total. The zero-order chi connectivity index (χ0) is 13.2. The van der Waals surface area contributed by atoms with Crippen LogP contribution in [-0.2, 0) is 0 Å². The highest BCUT2D eigenvalue weighted by molar-refractivity contribution is 9.10. The Hall–Kier alpha value is -1.01. The number of halogens is 1. The van der Waals surface area contributed by atoms with Gasteiger partial charge in [0.15, 0.2) is 0 Å². The molecule has 1 heterocycles. The molecular formula is C15H19BrN2. The van der Waals surface area contributed by atoms with Crippen LogP contribution in [-0.4, -0.2) is 13.1 Å². The molecule has 18 heavy (non-hydrogen) atoms. The van der Waals surface area contributed by atoms with E-state index in [-0.39, 0.29) is 0 Å². The molecule has 0 aliphatic carbocycles. The Morgan fingerprint density at radius 2 is 2.06 bits per heavy atom. The Balaban J connectivity index is 2.17. The molecule has 1 saturated heterocycles. The first kappa shape index (κ1) is 13.4. The largest absolute Gasteiger partial charge is 0.371 e. The number of benzene rings is 1. The van der Waals surface area contributed by atoms with Gasteiger partial charge in [0, 0.05) is 23.2 Å².